The number of rotatable bonds is 5. The molecule has 90 valence electrons. The summed E-state index contributed by atoms with van der Waals surface area (Å²) in [6.45, 7) is 0.652. The summed E-state index contributed by atoms with van der Waals surface area (Å²) in [6.07, 6.45) is 1.69. The monoisotopic (exact) mass is 313 g/mol. The molecule has 2 aromatic rings. The highest BCUT2D eigenvalue weighted by molar-refractivity contribution is 9.10. The number of aromatic nitrogens is 3. The summed E-state index contributed by atoms with van der Waals surface area (Å²) < 4.78 is 8.55. The van der Waals surface area contributed by atoms with Gasteiger partial charge in [-0.25, -0.2) is 0 Å². The minimum absolute atomic E-state index is 0.652. The molecule has 17 heavy (non-hydrogen) atoms. The number of hydrogen-bond acceptors (Lipinski definition) is 4. The van der Waals surface area contributed by atoms with Crippen molar-refractivity contribution in [2.75, 3.05) is 12.4 Å². The Kier molecular flexibility index (Phi) is 4.44. The SMILES string of the molecule is Cn1cnnc1SCCOc1ccc(Br)cc1. The van der Waals surface area contributed by atoms with Gasteiger partial charge < -0.3 is 9.30 Å². The van der Waals surface area contributed by atoms with Crippen LogP contribution < -0.4 is 4.74 Å². The fourth-order valence-corrected chi connectivity index (χ4v) is 2.20. The number of thioether (sulfide) groups is 1. The smallest absolute Gasteiger partial charge is 0.190 e. The number of ether oxygens (including phenoxy) is 1. The maximum Gasteiger partial charge on any atom is 0.190 e. The van der Waals surface area contributed by atoms with Crippen molar-refractivity contribution in [2.45, 2.75) is 5.16 Å². The highest BCUT2D eigenvalue weighted by Crippen LogP contribution is 2.17. The van der Waals surface area contributed by atoms with Crippen LogP contribution in [0.3, 0.4) is 0 Å². The summed E-state index contributed by atoms with van der Waals surface area (Å²) in [7, 11) is 1.93. The molecule has 2 rings (SSSR count). The first-order valence-corrected chi connectivity index (χ1v) is 6.89. The van der Waals surface area contributed by atoms with E-state index in [2.05, 4.69) is 26.1 Å². The second-order valence-corrected chi connectivity index (χ2v) is 5.35. The van der Waals surface area contributed by atoms with E-state index in [1.54, 1.807) is 18.1 Å². The van der Waals surface area contributed by atoms with Crippen LogP contribution in [0.1, 0.15) is 0 Å². The normalized spacial score (nSPS) is 10.5. The van der Waals surface area contributed by atoms with Gasteiger partial charge in [-0.2, -0.15) is 0 Å². The van der Waals surface area contributed by atoms with E-state index < -0.39 is 0 Å². The molecular weight excluding hydrogens is 302 g/mol. The van der Waals surface area contributed by atoms with Crippen molar-refractivity contribution in [2.24, 2.45) is 7.05 Å². The summed E-state index contributed by atoms with van der Waals surface area (Å²) in [5.74, 6) is 1.73. The first-order chi connectivity index (χ1) is 8.25. The lowest BCUT2D eigenvalue weighted by molar-refractivity contribution is 0.344. The van der Waals surface area contributed by atoms with Crippen molar-refractivity contribution in [3.63, 3.8) is 0 Å². The lowest BCUT2D eigenvalue weighted by Gasteiger charge is -2.05. The molecule has 6 heteroatoms. The molecule has 0 amide bonds. The van der Waals surface area contributed by atoms with Crippen LogP contribution in [0.25, 0.3) is 0 Å². The van der Waals surface area contributed by atoms with Crippen LogP contribution in [0.4, 0.5) is 0 Å². The van der Waals surface area contributed by atoms with E-state index in [1.165, 1.54) is 0 Å². The Hall–Kier alpha value is -1.01. The highest BCUT2D eigenvalue weighted by atomic mass is 79.9. The molecule has 0 aliphatic rings. The average molecular weight is 314 g/mol. The Bertz CT molecular complexity index is 472. The minimum Gasteiger partial charge on any atom is -0.493 e. The van der Waals surface area contributed by atoms with Crippen LogP contribution in [-0.2, 0) is 7.05 Å². The van der Waals surface area contributed by atoms with Gasteiger partial charge in [-0.05, 0) is 24.3 Å². The van der Waals surface area contributed by atoms with Crippen LogP contribution in [-0.4, -0.2) is 27.1 Å². The molecule has 1 aromatic carbocycles. The highest BCUT2D eigenvalue weighted by Gasteiger charge is 2.01. The molecule has 0 spiro atoms. The number of hydrogen-bond donors (Lipinski definition) is 0. The van der Waals surface area contributed by atoms with E-state index in [0.717, 1.165) is 21.1 Å². The maximum absolute atomic E-state index is 5.60. The van der Waals surface area contributed by atoms with Crippen molar-refractivity contribution < 1.29 is 4.74 Å². The van der Waals surface area contributed by atoms with Gasteiger partial charge in [0.05, 0.1) is 6.61 Å². The van der Waals surface area contributed by atoms with Gasteiger partial charge in [0.2, 0.25) is 0 Å². The topological polar surface area (TPSA) is 39.9 Å². The first kappa shape index (κ1) is 12.4. The zero-order chi connectivity index (χ0) is 12.1. The molecule has 1 heterocycles. The second kappa shape index (κ2) is 6.07. The molecule has 0 radical (unpaired) electrons. The van der Waals surface area contributed by atoms with E-state index >= 15 is 0 Å². The molecule has 0 unspecified atom stereocenters. The fourth-order valence-electron chi connectivity index (χ4n) is 1.23. The number of aryl methyl sites for hydroxylation is 1. The van der Waals surface area contributed by atoms with Gasteiger partial charge in [0, 0.05) is 17.3 Å². The third-order valence-corrected chi connectivity index (χ3v) is 3.59. The molecule has 0 N–H and O–H groups in total. The van der Waals surface area contributed by atoms with E-state index in [-0.39, 0.29) is 0 Å². The Morgan fingerprint density at radius 3 is 2.76 bits per heavy atom. The Morgan fingerprint density at radius 2 is 2.12 bits per heavy atom. The lowest BCUT2D eigenvalue weighted by atomic mass is 10.3. The summed E-state index contributed by atoms with van der Waals surface area (Å²) in [5, 5.41) is 8.71. The Labute approximate surface area is 113 Å². The summed E-state index contributed by atoms with van der Waals surface area (Å²) in [5.41, 5.74) is 0. The standard InChI is InChI=1S/C11H12BrN3OS/c1-15-8-13-14-11(15)17-7-6-16-10-4-2-9(12)3-5-10/h2-5,8H,6-7H2,1H3. The zero-order valence-electron chi connectivity index (χ0n) is 9.34. The predicted molar refractivity (Wildman–Crippen MR) is 71.4 cm³/mol. The molecular formula is C11H12BrN3OS. The van der Waals surface area contributed by atoms with Gasteiger partial charge in [0.25, 0.3) is 0 Å². The minimum atomic E-state index is 0.652. The van der Waals surface area contributed by atoms with E-state index in [0.29, 0.717) is 6.61 Å². The molecule has 1 aromatic heterocycles. The molecule has 0 bridgehead atoms. The van der Waals surface area contributed by atoms with Crippen LogP contribution in [0.5, 0.6) is 5.75 Å². The van der Waals surface area contributed by atoms with E-state index in [1.807, 2.05) is 35.9 Å². The second-order valence-electron chi connectivity index (χ2n) is 3.38. The van der Waals surface area contributed by atoms with E-state index in [4.69, 9.17) is 4.74 Å². The van der Waals surface area contributed by atoms with Gasteiger partial charge in [0.1, 0.15) is 12.1 Å². The van der Waals surface area contributed by atoms with E-state index in [9.17, 15) is 0 Å². The summed E-state index contributed by atoms with van der Waals surface area (Å²) in [4.78, 5) is 0. The van der Waals surface area contributed by atoms with Crippen molar-refractivity contribution in [3.8, 4) is 5.75 Å². The van der Waals surface area contributed by atoms with Gasteiger partial charge >= 0.3 is 0 Å². The van der Waals surface area contributed by atoms with Gasteiger partial charge in [-0.1, -0.05) is 27.7 Å². The largest absolute Gasteiger partial charge is 0.493 e. The third kappa shape index (κ3) is 3.74. The summed E-state index contributed by atoms with van der Waals surface area (Å²) >= 11 is 5.01. The number of halogens is 1. The number of benzene rings is 1. The predicted octanol–water partition coefficient (Wildman–Crippen LogP) is 2.75. The number of nitrogens with zero attached hydrogens (tertiary/aromatic N) is 3. The first-order valence-electron chi connectivity index (χ1n) is 5.11. The van der Waals surface area contributed by atoms with Crippen LogP contribution in [0, 0.1) is 0 Å². The Morgan fingerprint density at radius 1 is 1.35 bits per heavy atom. The van der Waals surface area contributed by atoms with Crippen molar-refractivity contribution >= 4 is 27.7 Å². The van der Waals surface area contributed by atoms with Crippen molar-refractivity contribution in [3.05, 3.63) is 35.1 Å². The molecule has 0 atom stereocenters. The summed E-state index contributed by atoms with van der Waals surface area (Å²) in [6, 6.07) is 7.81. The van der Waals surface area contributed by atoms with Crippen LogP contribution in [0.15, 0.2) is 40.2 Å². The molecule has 4 nitrogen and oxygen atoms in total. The zero-order valence-corrected chi connectivity index (χ0v) is 11.7. The third-order valence-electron chi connectivity index (χ3n) is 2.07. The van der Waals surface area contributed by atoms with Gasteiger partial charge in [-0.15, -0.1) is 10.2 Å². The molecule has 0 saturated heterocycles. The molecule has 0 aliphatic heterocycles. The molecule has 0 saturated carbocycles. The quantitative estimate of drug-likeness (QED) is 0.628. The molecule has 0 fully saturated rings. The maximum atomic E-state index is 5.60. The van der Waals surface area contributed by atoms with Gasteiger partial charge in [-0.3, -0.25) is 0 Å². The van der Waals surface area contributed by atoms with Crippen molar-refractivity contribution in [1.29, 1.82) is 0 Å². The van der Waals surface area contributed by atoms with Gasteiger partial charge in [0.15, 0.2) is 5.16 Å². The lowest BCUT2D eigenvalue weighted by Crippen LogP contribution is -2.01. The van der Waals surface area contributed by atoms with Crippen LogP contribution >= 0.6 is 27.7 Å². The fraction of sp³-hybridized carbons (Fsp3) is 0.273. The molecule has 0 aliphatic carbocycles. The van der Waals surface area contributed by atoms with Crippen LogP contribution in [0.2, 0.25) is 0 Å². The average Bonchev–Trinajstić information content (AvgIpc) is 2.73. The Balaban J connectivity index is 1.73. The van der Waals surface area contributed by atoms with Crippen molar-refractivity contribution in [1.82, 2.24) is 14.8 Å².